The van der Waals surface area contributed by atoms with Gasteiger partial charge in [-0.25, -0.2) is 9.98 Å². The third kappa shape index (κ3) is 12.5. The van der Waals surface area contributed by atoms with Crippen LogP contribution in [0.2, 0.25) is 20.6 Å². The molecule has 3 aromatic carbocycles. The fourth-order valence-electron chi connectivity index (χ4n) is 6.28. The maximum atomic E-state index is 12.9. The van der Waals surface area contributed by atoms with Crippen molar-refractivity contribution in [2.24, 2.45) is 9.98 Å². The van der Waals surface area contributed by atoms with Crippen molar-refractivity contribution in [1.29, 1.82) is 0 Å². The number of ether oxygens (including phenoxy) is 2. The zero-order valence-corrected chi connectivity index (χ0v) is 41.0. The molecule has 0 amide bonds. The molecule has 68 heavy (non-hydrogen) atoms. The lowest BCUT2D eigenvalue weighted by Gasteiger charge is -2.24. The Morgan fingerprint density at radius 3 is 1.19 bits per heavy atom. The van der Waals surface area contributed by atoms with E-state index in [1.807, 2.05) is 0 Å². The number of fused-ring (bicyclic) bond motifs is 4. The number of aliphatic hydroxyl groups excluding tert-OH is 2. The number of benzene rings is 3. The first kappa shape index (κ1) is 51.1. The third-order valence-corrected chi connectivity index (χ3v) is 13.8. The van der Waals surface area contributed by atoms with Gasteiger partial charge in [-0.3, -0.25) is 9.11 Å². The first-order valence-electron chi connectivity index (χ1n) is 19.8. The summed E-state index contributed by atoms with van der Waals surface area (Å²) in [4.78, 5) is 32.3. The highest BCUT2D eigenvalue weighted by Crippen LogP contribution is 2.49. The molecule has 0 aliphatic carbocycles. The molecule has 0 saturated heterocycles. The number of nitrogens with zero attached hydrogens (tertiary/aromatic N) is 8. The molecule has 0 fully saturated rings. The normalized spacial score (nSPS) is 12.5. The summed E-state index contributed by atoms with van der Waals surface area (Å²) in [5.74, 6) is 1.95. The summed E-state index contributed by atoms with van der Waals surface area (Å²) in [7, 11) is -10.0. The monoisotopic (exact) mass is 1090 g/mol. The molecule has 0 atom stereocenters. The number of hydrogen-bond acceptors (Lipinski definition) is 24. The van der Waals surface area contributed by atoms with Gasteiger partial charge in [0.1, 0.15) is 32.1 Å². The van der Waals surface area contributed by atoms with Crippen molar-refractivity contribution in [2.75, 3.05) is 107 Å². The molecule has 4 heterocycles. The minimum Gasteiger partial charge on any atom is -0.450 e. The van der Waals surface area contributed by atoms with E-state index in [9.17, 15) is 25.9 Å². The van der Waals surface area contributed by atoms with Gasteiger partial charge in [0.05, 0.1) is 24.6 Å². The van der Waals surface area contributed by atoms with Crippen LogP contribution in [0.4, 0.5) is 46.5 Å². The van der Waals surface area contributed by atoms with Crippen molar-refractivity contribution in [3.63, 3.8) is 0 Å². The molecule has 2 aromatic heterocycles. The Bertz CT molecular complexity index is 2860. The van der Waals surface area contributed by atoms with Crippen molar-refractivity contribution < 1.29 is 45.6 Å². The highest BCUT2D eigenvalue weighted by atomic mass is 35.5. The molecule has 5 aromatic rings. The molecule has 10 N–H and O–H groups in total. The van der Waals surface area contributed by atoms with Crippen LogP contribution in [0.1, 0.15) is 0 Å². The molecule has 0 unspecified atom stereocenters. The SMILES string of the molecule is O=S(=O)(O)c1c(NCCNc2nc(Cl)nc(NCCSCCO)n2)ccc2c1Oc1c(Cl)c3c(c(Cl)c1=N2)Oc1c(ccc(NCCNc2nc(Cl)nc(NCCSCCO)n2)c1S(=O)(=O)O)N=3. The lowest BCUT2D eigenvalue weighted by Crippen LogP contribution is -2.24. The van der Waals surface area contributed by atoms with E-state index in [1.165, 1.54) is 47.8 Å². The van der Waals surface area contributed by atoms with Crippen LogP contribution in [-0.4, -0.2) is 142 Å². The molecule has 0 bridgehead atoms. The summed E-state index contributed by atoms with van der Waals surface area (Å²) < 4.78 is 84.7. The van der Waals surface area contributed by atoms with E-state index in [0.29, 0.717) is 36.1 Å². The molecule has 364 valence electrons. The van der Waals surface area contributed by atoms with Gasteiger partial charge in [-0.2, -0.15) is 70.3 Å². The molecule has 0 spiro atoms. The zero-order chi connectivity index (χ0) is 48.6. The Morgan fingerprint density at radius 1 is 0.485 bits per heavy atom. The molecule has 0 radical (unpaired) electrons. The maximum Gasteiger partial charge on any atom is 0.300 e. The van der Waals surface area contributed by atoms with E-state index >= 15 is 0 Å². The summed E-state index contributed by atoms with van der Waals surface area (Å²) in [6, 6.07) is 5.47. The van der Waals surface area contributed by atoms with Crippen LogP contribution < -0.4 is 52.1 Å². The van der Waals surface area contributed by atoms with Crippen LogP contribution in [0.5, 0.6) is 23.0 Å². The fourth-order valence-corrected chi connectivity index (χ4v) is 9.87. The Labute approximate surface area is 415 Å². The van der Waals surface area contributed by atoms with Crippen LogP contribution in [0.25, 0.3) is 0 Å². The van der Waals surface area contributed by atoms with Gasteiger partial charge in [0, 0.05) is 62.3 Å². The summed E-state index contributed by atoms with van der Waals surface area (Å²) in [6.07, 6.45) is 0. The average molecular weight is 1100 g/mol. The fraction of sp³-hybridized carbons (Fsp3) is 0.333. The molecule has 7 rings (SSSR count). The Balaban J connectivity index is 1.08. The van der Waals surface area contributed by atoms with Gasteiger partial charge >= 0.3 is 0 Å². The minimum atomic E-state index is -5.01. The number of rotatable bonds is 24. The van der Waals surface area contributed by atoms with Crippen molar-refractivity contribution in [3.05, 3.63) is 55.6 Å². The summed E-state index contributed by atoms with van der Waals surface area (Å²) in [5.41, 5.74) is -0.316. The molecule has 24 nitrogen and oxygen atoms in total. The zero-order valence-electron chi connectivity index (χ0n) is 34.8. The van der Waals surface area contributed by atoms with Crippen molar-refractivity contribution in [1.82, 2.24) is 29.9 Å². The van der Waals surface area contributed by atoms with Gasteiger partial charge in [0.25, 0.3) is 20.2 Å². The van der Waals surface area contributed by atoms with E-state index in [4.69, 9.17) is 66.1 Å². The number of nitrogens with one attached hydrogen (secondary N) is 6. The first-order valence-corrected chi connectivity index (χ1v) is 26.5. The largest absolute Gasteiger partial charge is 0.450 e. The maximum absolute atomic E-state index is 12.9. The standard InChI is InChI=1S/C36H38Cl4N14O10S4/c37-21-23-27(63-25-17(47-23)1-3-19(29(25)67(57,58)59)41-5-7-43-33-49-31(39)51-35(53-33)45-9-13-65-15-11-55)22(38)24-28(21)64-26-18(48-24)2-4-20(30(26)68(60,61)62)42-6-8-44-34-50-32(40)52-36(54-34)46-10-14-66-16-12-56/h1-4,41-42,55-56H,5-16H2,(H,57,58,59)(H,60,61,62)(H2,43,45,49,51,53)(H2,44,46,50,52,54). The predicted molar refractivity (Wildman–Crippen MR) is 260 cm³/mol. The first-order chi connectivity index (χ1) is 32.5. The van der Waals surface area contributed by atoms with E-state index < -0.39 is 41.5 Å². The Hall–Kier alpha value is -4.72. The van der Waals surface area contributed by atoms with Gasteiger partial charge < -0.3 is 51.6 Å². The second-order valence-electron chi connectivity index (χ2n) is 13.7. The van der Waals surface area contributed by atoms with Crippen LogP contribution >= 0.6 is 69.9 Å². The number of anilines is 6. The summed E-state index contributed by atoms with van der Waals surface area (Å²) in [5, 5.41) is 34.7. The second-order valence-corrected chi connectivity index (χ2v) is 20.3. The van der Waals surface area contributed by atoms with Crippen LogP contribution in [0.15, 0.2) is 44.0 Å². The van der Waals surface area contributed by atoms with E-state index in [1.54, 1.807) is 0 Å². The molecule has 2 aliphatic heterocycles. The van der Waals surface area contributed by atoms with Gasteiger partial charge in [-0.15, -0.1) is 0 Å². The van der Waals surface area contributed by atoms with Crippen molar-refractivity contribution in [2.45, 2.75) is 9.79 Å². The van der Waals surface area contributed by atoms with Crippen LogP contribution in [0, 0.1) is 0 Å². The van der Waals surface area contributed by atoms with Gasteiger partial charge in [0.2, 0.25) is 34.4 Å². The van der Waals surface area contributed by atoms with Gasteiger partial charge in [0.15, 0.2) is 32.8 Å². The van der Waals surface area contributed by atoms with Crippen LogP contribution in [0.3, 0.4) is 0 Å². The minimum absolute atomic E-state index is 0.0660. The number of halogens is 4. The smallest absolute Gasteiger partial charge is 0.300 e. The number of hydrogen-bond donors (Lipinski definition) is 10. The molecule has 32 heteroatoms. The second kappa shape index (κ2) is 22.8. The lowest BCUT2D eigenvalue weighted by atomic mass is 10.2. The average Bonchev–Trinajstić information content (AvgIpc) is 3.28. The van der Waals surface area contributed by atoms with Crippen molar-refractivity contribution >= 4 is 137 Å². The summed E-state index contributed by atoms with van der Waals surface area (Å²) in [6.45, 7) is 1.55. The number of aliphatic hydroxyl groups is 2. The number of aromatic nitrogens is 6. The van der Waals surface area contributed by atoms with Crippen LogP contribution in [-0.2, 0) is 20.2 Å². The van der Waals surface area contributed by atoms with E-state index in [0.717, 1.165) is 0 Å². The molecule has 0 saturated carbocycles. The summed E-state index contributed by atoms with van der Waals surface area (Å²) >= 11 is 28.9. The Morgan fingerprint density at radius 2 is 0.838 bits per heavy atom. The van der Waals surface area contributed by atoms with Gasteiger partial charge in [-0.1, -0.05) is 23.2 Å². The molecular formula is C36H38Cl4N14O10S4. The lowest BCUT2D eigenvalue weighted by molar-refractivity contribution is 0.322. The van der Waals surface area contributed by atoms with E-state index in [-0.39, 0.29) is 129 Å². The van der Waals surface area contributed by atoms with Gasteiger partial charge in [-0.05, 0) is 47.5 Å². The quantitative estimate of drug-likeness (QED) is 0.0292. The Kier molecular flexibility index (Phi) is 17.1. The van der Waals surface area contributed by atoms with E-state index in [2.05, 4.69) is 71.8 Å². The molecular weight excluding hydrogens is 1060 g/mol. The molecule has 2 aliphatic rings. The third-order valence-electron chi connectivity index (χ3n) is 9.01. The predicted octanol–water partition coefficient (Wildman–Crippen LogP) is 4.60. The topological polar surface area (TPSA) is 342 Å². The van der Waals surface area contributed by atoms with Crippen molar-refractivity contribution in [3.8, 4) is 23.0 Å². The highest BCUT2D eigenvalue weighted by molar-refractivity contribution is 7.99. The highest BCUT2D eigenvalue weighted by Gasteiger charge is 2.34. The number of thioether (sulfide) groups is 2.